The van der Waals surface area contributed by atoms with Gasteiger partial charge >= 0.3 is 0 Å². The van der Waals surface area contributed by atoms with Crippen molar-refractivity contribution in [3.63, 3.8) is 0 Å². The Morgan fingerprint density at radius 2 is 1.38 bits per heavy atom. The van der Waals surface area contributed by atoms with E-state index in [9.17, 15) is 9.59 Å². The second-order valence-electron chi connectivity index (χ2n) is 4.11. The monoisotopic (exact) mass is 437 g/mol. The lowest BCUT2D eigenvalue weighted by atomic mass is 10.1. The van der Waals surface area contributed by atoms with Crippen LogP contribution in [0.4, 0.5) is 0 Å². The molecule has 0 fully saturated rings. The summed E-state index contributed by atoms with van der Waals surface area (Å²) in [7, 11) is 0. The van der Waals surface area contributed by atoms with Crippen LogP contribution in [0.2, 0.25) is 0 Å². The van der Waals surface area contributed by atoms with E-state index in [4.69, 9.17) is 63.0 Å². The first kappa shape index (κ1) is 25.3. The molecule has 6 N–H and O–H groups in total. The number of nitrogens with one attached hydrogen (secondary N) is 4. The molecule has 1 aliphatic rings. The molecule has 0 atom stereocenters. The number of hydrogen-bond acceptors (Lipinski definition) is 4. The zero-order chi connectivity index (χ0) is 18.2. The van der Waals surface area contributed by atoms with Gasteiger partial charge in [-0.05, 0) is 6.42 Å². The van der Waals surface area contributed by atoms with Gasteiger partial charge in [0.25, 0.3) is 0 Å². The molecule has 0 aromatic rings. The molecular weight excluding hydrogens is 423 g/mol. The number of halogens is 5. The van der Waals surface area contributed by atoms with Crippen LogP contribution >= 0.6 is 58.8 Å². The summed E-state index contributed by atoms with van der Waals surface area (Å²) >= 11 is 21.5. The smallest absolute Gasteiger partial charge is 0.219 e. The summed E-state index contributed by atoms with van der Waals surface area (Å²) in [6.07, 6.45) is 2.10. The SMILES string of the molecule is CCCCNC(=N)NC(=N)N.Cl.O=C1C(Cl)=C(Cl)C(=O)C(Cl)=C1Cl. The van der Waals surface area contributed by atoms with Crippen LogP contribution in [-0.2, 0) is 9.59 Å². The van der Waals surface area contributed by atoms with Crippen molar-refractivity contribution in [2.24, 2.45) is 5.73 Å². The molecule has 0 aromatic heterocycles. The highest BCUT2D eigenvalue weighted by Gasteiger charge is 2.31. The normalized spacial score (nSPS) is 13.7. The van der Waals surface area contributed by atoms with Gasteiger partial charge in [0.1, 0.15) is 20.1 Å². The predicted molar refractivity (Wildman–Crippen MR) is 100 cm³/mol. The minimum absolute atomic E-state index is 0. The van der Waals surface area contributed by atoms with Crippen molar-refractivity contribution < 1.29 is 9.59 Å². The highest BCUT2D eigenvalue weighted by molar-refractivity contribution is 6.69. The number of allylic oxidation sites excluding steroid dienone is 4. The fourth-order valence-corrected chi connectivity index (χ4v) is 1.98. The lowest BCUT2D eigenvalue weighted by Gasteiger charge is -2.08. The zero-order valence-electron chi connectivity index (χ0n) is 12.4. The number of ketones is 2. The highest BCUT2D eigenvalue weighted by Crippen LogP contribution is 2.32. The number of carbonyl (C=O) groups is 2. The van der Waals surface area contributed by atoms with Gasteiger partial charge in [0.15, 0.2) is 11.9 Å². The van der Waals surface area contributed by atoms with Crippen molar-refractivity contribution in [3.05, 3.63) is 20.1 Å². The summed E-state index contributed by atoms with van der Waals surface area (Å²) in [5.74, 6) is -1.58. The maximum absolute atomic E-state index is 11.0. The largest absolute Gasteiger partial charge is 0.370 e. The Hall–Kier alpha value is -0.990. The van der Waals surface area contributed by atoms with Crippen LogP contribution < -0.4 is 16.4 Å². The average molecular weight is 440 g/mol. The fraction of sp³-hybridized carbons (Fsp3) is 0.333. The van der Waals surface area contributed by atoms with E-state index in [0.29, 0.717) is 0 Å². The average Bonchev–Trinajstić information content (AvgIpc) is 2.49. The summed E-state index contributed by atoms with van der Waals surface area (Å²) < 4.78 is 0. The topological polar surface area (TPSA) is 132 Å². The Kier molecular flexibility index (Phi) is 13.0. The fourth-order valence-electron chi connectivity index (χ4n) is 1.16. The Labute approximate surface area is 165 Å². The van der Waals surface area contributed by atoms with Crippen molar-refractivity contribution in [3.8, 4) is 0 Å². The lowest BCUT2D eigenvalue weighted by Crippen LogP contribution is -2.43. The number of carbonyl (C=O) groups excluding carboxylic acids is 2. The molecule has 0 radical (unpaired) electrons. The van der Waals surface area contributed by atoms with Crippen LogP contribution in [0.25, 0.3) is 0 Å². The third-order valence-electron chi connectivity index (χ3n) is 2.27. The molecule has 24 heavy (non-hydrogen) atoms. The van der Waals surface area contributed by atoms with E-state index in [0.717, 1.165) is 19.4 Å². The zero-order valence-corrected chi connectivity index (χ0v) is 16.3. The van der Waals surface area contributed by atoms with Gasteiger partial charge in [0.05, 0.1) is 0 Å². The highest BCUT2D eigenvalue weighted by atomic mass is 35.5. The standard InChI is InChI=1S/C6Cl4O2.C6H15N5.ClH/c7-1-2(8)6(12)4(10)3(9)5(1)11;1-2-3-4-10-6(9)11-5(7)8;/h;2-4H2,1H3,(H6,7,8,9,10,11);1H. The Bertz CT molecular complexity index is 526. The number of guanidine groups is 2. The van der Waals surface area contributed by atoms with Gasteiger partial charge in [-0.2, -0.15) is 0 Å². The van der Waals surface area contributed by atoms with Gasteiger partial charge in [-0.3, -0.25) is 25.7 Å². The van der Waals surface area contributed by atoms with Crippen LogP contribution in [0.5, 0.6) is 0 Å². The predicted octanol–water partition coefficient (Wildman–Crippen LogP) is 2.73. The number of nitrogens with two attached hydrogens (primary N) is 1. The van der Waals surface area contributed by atoms with E-state index in [2.05, 4.69) is 17.6 Å². The van der Waals surface area contributed by atoms with Crippen molar-refractivity contribution >= 4 is 82.3 Å². The first-order valence-electron chi connectivity index (χ1n) is 6.26. The number of rotatable bonds is 3. The first-order valence-corrected chi connectivity index (χ1v) is 7.78. The van der Waals surface area contributed by atoms with Crippen LogP contribution in [0.15, 0.2) is 20.1 Å². The number of hydrogen-bond donors (Lipinski definition) is 5. The number of Topliss-reactive ketones (excluding diaryl/α,β-unsaturated/α-hetero) is 2. The van der Waals surface area contributed by atoms with Gasteiger partial charge in [-0.1, -0.05) is 59.7 Å². The van der Waals surface area contributed by atoms with Gasteiger partial charge in [0, 0.05) is 6.54 Å². The minimum Gasteiger partial charge on any atom is -0.370 e. The molecule has 0 aliphatic heterocycles. The van der Waals surface area contributed by atoms with E-state index < -0.39 is 31.7 Å². The summed E-state index contributed by atoms with van der Waals surface area (Å²) in [5.41, 5.74) is 4.99. The molecule has 0 aromatic carbocycles. The first-order chi connectivity index (χ1) is 10.6. The van der Waals surface area contributed by atoms with Gasteiger partial charge in [0.2, 0.25) is 11.6 Å². The van der Waals surface area contributed by atoms with Gasteiger partial charge in [-0.15, -0.1) is 12.4 Å². The van der Waals surface area contributed by atoms with E-state index >= 15 is 0 Å². The Morgan fingerprint density at radius 1 is 1.00 bits per heavy atom. The van der Waals surface area contributed by atoms with E-state index in [-0.39, 0.29) is 24.3 Å². The third-order valence-corrected chi connectivity index (χ3v) is 3.91. The van der Waals surface area contributed by atoms with Crippen LogP contribution in [-0.4, -0.2) is 30.0 Å². The maximum Gasteiger partial charge on any atom is 0.219 e. The van der Waals surface area contributed by atoms with Gasteiger partial charge in [-0.25, -0.2) is 0 Å². The molecule has 0 amide bonds. The third kappa shape index (κ3) is 8.21. The molecule has 0 heterocycles. The van der Waals surface area contributed by atoms with Crippen molar-refractivity contribution in [1.29, 1.82) is 10.8 Å². The molecule has 0 saturated carbocycles. The van der Waals surface area contributed by atoms with E-state index in [1.54, 1.807) is 0 Å². The van der Waals surface area contributed by atoms with Crippen LogP contribution in [0.1, 0.15) is 19.8 Å². The summed E-state index contributed by atoms with van der Waals surface area (Å²) in [6.45, 7) is 2.82. The second-order valence-corrected chi connectivity index (χ2v) is 5.62. The maximum atomic E-state index is 11.0. The van der Waals surface area contributed by atoms with Crippen LogP contribution in [0, 0.1) is 10.8 Å². The molecule has 1 rings (SSSR count). The van der Waals surface area contributed by atoms with Crippen molar-refractivity contribution in [2.75, 3.05) is 6.54 Å². The molecule has 0 spiro atoms. The summed E-state index contributed by atoms with van der Waals surface area (Å²) in [6, 6.07) is 0. The molecule has 0 unspecified atom stereocenters. The molecule has 1 aliphatic carbocycles. The minimum atomic E-state index is -0.729. The van der Waals surface area contributed by atoms with E-state index in [1.807, 2.05) is 0 Å². The Morgan fingerprint density at radius 3 is 1.67 bits per heavy atom. The lowest BCUT2D eigenvalue weighted by molar-refractivity contribution is -0.114. The molecule has 12 heteroatoms. The quantitative estimate of drug-likeness (QED) is 0.200. The van der Waals surface area contributed by atoms with Gasteiger partial charge < -0.3 is 11.1 Å². The molecular formula is C12H16Cl5N5O2. The second kappa shape index (κ2) is 12.4. The molecule has 0 bridgehead atoms. The van der Waals surface area contributed by atoms with Crippen LogP contribution in [0.3, 0.4) is 0 Å². The molecule has 7 nitrogen and oxygen atoms in total. The summed E-state index contributed by atoms with van der Waals surface area (Å²) in [5, 5.41) is 17.5. The molecule has 136 valence electrons. The Balaban J connectivity index is 0. The summed E-state index contributed by atoms with van der Waals surface area (Å²) in [4.78, 5) is 22.0. The number of unbranched alkanes of at least 4 members (excludes halogenated alkanes) is 1. The van der Waals surface area contributed by atoms with Crippen molar-refractivity contribution in [1.82, 2.24) is 10.6 Å². The van der Waals surface area contributed by atoms with E-state index in [1.165, 1.54) is 0 Å². The molecule has 0 saturated heterocycles. The van der Waals surface area contributed by atoms with Crippen molar-refractivity contribution in [2.45, 2.75) is 19.8 Å².